The van der Waals surface area contributed by atoms with E-state index in [0.717, 1.165) is 0 Å². The molecule has 1 aliphatic rings. The maximum atomic E-state index is 2.46. The van der Waals surface area contributed by atoms with Crippen molar-refractivity contribution in [1.29, 1.82) is 0 Å². The van der Waals surface area contributed by atoms with Gasteiger partial charge in [-0.25, -0.2) is 0 Å². The lowest BCUT2D eigenvalue weighted by Crippen LogP contribution is -2.24. The molecule has 122 valence electrons. The predicted molar refractivity (Wildman–Crippen MR) is 101 cm³/mol. The van der Waals surface area contributed by atoms with Gasteiger partial charge >= 0.3 is 0 Å². The molecule has 0 spiro atoms. The van der Waals surface area contributed by atoms with E-state index in [4.69, 9.17) is 0 Å². The molecule has 0 saturated carbocycles. The van der Waals surface area contributed by atoms with Gasteiger partial charge in [-0.2, -0.15) is 0 Å². The van der Waals surface area contributed by atoms with Gasteiger partial charge in [0.05, 0.1) is 0 Å². The Labute approximate surface area is 141 Å². The molecule has 0 fully saturated rings. The fourth-order valence-corrected chi connectivity index (χ4v) is 3.95. The molecule has 1 aliphatic carbocycles. The van der Waals surface area contributed by atoms with Crippen molar-refractivity contribution in [2.24, 2.45) is 0 Å². The Hall–Kier alpha value is -1.56. The first-order valence-corrected chi connectivity index (χ1v) is 8.73. The minimum Gasteiger partial charge on any atom is -0.0619 e. The van der Waals surface area contributed by atoms with Gasteiger partial charge in [0.2, 0.25) is 0 Å². The van der Waals surface area contributed by atoms with Crippen LogP contribution in [0.3, 0.4) is 0 Å². The van der Waals surface area contributed by atoms with Crippen LogP contribution in [0.1, 0.15) is 77.6 Å². The minimum atomic E-state index is 0.0744. The van der Waals surface area contributed by atoms with Crippen molar-refractivity contribution in [3.8, 4) is 11.1 Å². The molecule has 0 N–H and O–H groups in total. The molecule has 0 radical (unpaired) electrons. The van der Waals surface area contributed by atoms with Gasteiger partial charge in [-0.3, -0.25) is 0 Å². The molecule has 0 unspecified atom stereocenters. The van der Waals surface area contributed by atoms with E-state index >= 15 is 0 Å². The minimum absolute atomic E-state index is 0.0744. The highest BCUT2D eigenvalue weighted by Crippen LogP contribution is 2.53. The molecule has 0 nitrogen and oxygen atoms in total. The lowest BCUT2D eigenvalue weighted by Gasteiger charge is -2.32. The molecular formula is C23H30. The first-order chi connectivity index (χ1) is 10.4. The normalized spacial score (nSPS) is 16.2. The second-order valence-electron chi connectivity index (χ2n) is 9.62. The van der Waals surface area contributed by atoms with Crippen molar-refractivity contribution in [3.05, 3.63) is 58.7 Å². The average Bonchev–Trinajstić information content (AvgIpc) is 2.66. The second-order valence-corrected chi connectivity index (χ2v) is 9.62. The van der Waals surface area contributed by atoms with Crippen molar-refractivity contribution >= 4 is 0 Å². The summed E-state index contributed by atoms with van der Waals surface area (Å²) in [6, 6.07) is 13.9. The summed E-state index contributed by atoms with van der Waals surface area (Å²) in [4.78, 5) is 0. The summed E-state index contributed by atoms with van der Waals surface area (Å²) in [6.07, 6.45) is 0. The van der Waals surface area contributed by atoms with E-state index in [0.29, 0.717) is 0 Å². The summed E-state index contributed by atoms with van der Waals surface area (Å²) in [5.74, 6) is 0. The fraction of sp³-hybridized carbons (Fsp3) is 0.478. The van der Waals surface area contributed by atoms with E-state index in [1.807, 2.05) is 0 Å². The molecule has 2 aromatic rings. The SMILES string of the molecule is CC(C)(C)c1cc2c(c(C(C)(C)C)c1)C(C)(C)c1ccccc1-2. The molecule has 23 heavy (non-hydrogen) atoms. The Morgan fingerprint density at radius 2 is 1.35 bits per heavy atom. The van der Waals surface area contributed by atoms with E-state index in [2.05, 4.69) is 91.8 Å². The number of rotatable bonds is 0. The average molecular weight is 306 g/mol. The summed E-state index contributed by atoms with van der Waals surface area (Å²) < 4.78 is 0. The molecular weight excluding hydrogens is 276 g/mol. The topological polar surface area (TPSA) is 0 Å². The van der Waals surface area contributed by atoms with Crippen molar-refractivity contribution in [1.82, 2.24) is 0 Å². The van der Waals surface area contributed by atoms with E-state index in [1.54, 1.807) is 0 Å². The zero-order chi connectivity index (χ0) is 17.2. The van der Waals surface area contributed by atoms with Gasteiger partial charge in [-0.1, -0.05) is 91.8 Å². The molecule has 0 amide bonds. The highest BCUT2D eigenvalue weighted by atomic mass is 14.4. The predicted octanol–water partition coefficient (Wildman–Crippen LogP) is 6.59. The number of benzene rings is 2. The Kier molecular flexibility index (Phi) is 3.35. The summed E-state index contributed by atoms with van der Waals surface area (Å²) in [6.45, 7) is 18.7. The summed E-state index contributed by atoms with van der Waals surface area (Å²) >= 11 is 0. The van der Waals surface area contributed by atoms with Crippen LogP contribution in [0.15, 0.2) is 36.4 Å². The van der Waals surface area contributed by atoms with Crippen LogP contribution in [0.4, 0.5) is 0 Å². The van der Waals surface area contributed by atoms with Crippen molar-refractivity contribution in [2.45, 2.75) is 71.6 Å². The van der Waals surface area contributed by atoms with Crippen LogP contribution in [0, 0.1) is 0 Å². The standard InChI is InChI=1S/C23H30/c1-21(2,3)15-13-17-16-11-9-10-12-18(16)23(7,8)20(17)19(14-15)22(4,5)6/h9-14H,1-8H3. The van der Waals surface area contributed by atoms with Crippen LogP contribution in [0.5, 0.6) is 0 Å². The van der Waals surface area contributed by atoms with Gasteiger partial charge in [-0.05, 0) is 44.2 Å². The van der Waals surface area contributed by atoms with Crippen molar-refractivity contribution in [3.63, 3.8) is 0 Å². The third kappa shape index (κ3) is 2.43. The molecule has 0 heteroatoms. The number of hydrogen-bond donors (Lipinski definition) is 0. The van der Waals surface area contributed by atoms with Crippen LogP contribution in [-0.4, -0.2) is 0 Å². The molecule has 0 bridgehead atoms. The number of fused-ring (bicyclic) bond motifs is 3. The van der Waals surface area contributed by atoms with Crippen LogP contribution in [0.2, 0.25) is 0 Å². The van der Waals surface area contributed by atoms with E-state index in [1.165, 1.54) is 33.4 Å². The zero-order valence-corrected chi connectivity index (χ0v) is 16.0. The van der Waals surface area contributed by atoms with E-state index in [-0.39, 0.29) is 16.2 Å². The Morgan fingerprint density at radius 3 is 1.91 bits per heavy atom. The van der Waals surface area contributed by atoms with Crippen LogP contribution >= 0.6 is 0 Å². The smallest absolute Gasteiger partial charge is 0.0161 e. The zero-order valence-electron chi connectivity index (χ0n) is 16.0. The Morgan fingerprint density at radius 1 is 0.739 bits per heavy atom. The van der Waals surface area contributed by atoms with Gasteiger partial charge in [0, 0.05) is 5.41 Å². The van der Waals surface area contributed by atoms with Gasteiger partial charge in [0.1, 0.15) is 0 Å². The molecule has 3 rings (SSSR count). The molecule has 0 saturated heterocycles. The number of hydrogen-bond acceptors (Lipinski definition) is 0. The molecule has 0 heterocycles. The van der Waals surface area contributed by atoms with Gasteiger partial charge < -0.3 is 0 Å². The first-order valence-electron chi connectivity index (χ1n) is 8.73. The lowest BCUT2D eigenvalue weighted by molar-refractivity contribution is 0.545. The molecule has 0 aliphatic heterocycles. The summed E-state index contributed by atoms with van der Waals surface area (Å²) in [5.41, 5.74) is 9.18. The van der Waals surface area contributed by atoms with Crippen LogP contribution in [0.25, 0.3) is 11.1 Å². The maximum Gasteiger partial charge on any atom is 0.0161 e. The fourth-order valence-electron chi connectivity index (χ4n) is 3.95. The highest BCUT2D eigenvalue weighted by molar-refractivity contribution is 5.83. The Bertz CT molecular complexity index is 762. The van der Waals surface area contributed by atoms with Crippen LogP contribution in [-0.2, 0) is 16.2 Å². The third-order valence-corrected chi connectivity index (χ3v) is 5.33. The maximum absolute atomic E-state index is 2.46. The highest BCUT2D eigenvalue weighted by Gasteiger charge is 2.40. The Balaban J connectivity index is 2.44. The van der Waals surface area contributed by atoms with Crippen molar-refractivity contribution in [2.75, 3.05) is 0 Å². The summed E-state index contributed by atoms with van der Waals surface area (Å²) in [5, 5.41) is 0. The first kappa shape index (κ1) is 16.3. The van der Waals surface area contributed by atoms with Gasteiger partial charge in [0.25, 0.3) is 0 Å². The molecule has 0 atom stereocenters. The van der Waals surface area contributed by atoms with Gasteiger partial charge in [0.15, 0.2) is 0 Å². The van der Waals surface area contributed by atoms with Crippen molar-refractivity contribution < 1.29 is 0 Å². The molecule has 0 aromatic heterocycles. The third-order valence-electron chi connectivity index (χ3n) is 5.33. The van der Waals surface area contributed by atoms with Crippen LogP contribution < -0.4 is 0 Å². The largest absolute Gasteiger partial charge is 0.0619 e. The monoisotopic (exact) mass is 306 g/mol. The van der Waals surface area contributed by atoms with E-state index < -0.39 is 0 Å². The molecule has 2 aromatic carbocycles. The summed E-state index contributed by atoms with van der Waals surface area (Å²) in [7, 11) is 0. The second kappa shape index (κ2) is 4.72. The van der Waals surface area contributed by atoms with Gasteiger partial charge in [-0.15, -0.1) is 0 Å². The van der Waals surface area contributed by atoms with E-state index in [9.17, 15) is 0 Å². The lowest BCUT2D eigenvalue weighted by atomic mass is 9.71. The quantitative estimate of drug-likeness (QED) is 0.515.